The molecule has 0 bridgehead atoms. The van der Waals surface area contributed by atoms with Crippen molar-refractivity contribution in [1.82, 2.24) is 0 Å². The third-order valence-electron chi connectivity index (χ3n) is 3.96. The molecule has 0 atom stereocenters. The molecule has 0 saturated carbocycles. The number of hydrogen-bond donors (Lipinski definition) is 1. The summed E-state index contributed by atoms with van der Waals surface area (Å²) in [4.78, 5) is 12.4. The third-order valence-corrected chi connectivity index (χ3v) is 4.33. The van der Waals surface area contributed by atoms with E-state index in [9.17, 15) is 4.79 Å². The monoisotopic (exact) mass is 381 g/mol. The SMILES string of the molecule is COCc1cccc(NC(=O)c2ccc(OCc3ccccc3Cl)cc2)c1. The van der Waals surface area contributed by atoms with Gasteiger partial charge in [-0.25, -0.2) is 0 Å². The smallest absolute Gasteiger partial charge is 0.255 e. The minimum absolute atomic E-state index is 0.178. The van der Waals surface area contributed by atoms with Gasteiger partial charge in [-0.1, -0.05) is 41.9 Å². The van der Waals surface area contributed by atoms with Crippen molar-refractivity contribution in [2.24, 2.45) is 0 Å². The van der Waals surface area contributed by atoms with E-state index in [4.69, 9.17) is 21.1 Å². The molecule has 5 heteroatoms. The Labute approximate surface area is 163 Å². The Morgan fingerprint density at radius 2 is 1.74 bits per heavy atom. The van der Waals surface area contributed by atoms with Crippen LogP contribution in [0.15, 0.2) is 72.8 Å². The molecule has 0 aliphatic heterocycles. The van der Waals surface area contributed by atoms with Crippen LogP contribution in [-0.2, 0) is 18.0 Å². The van der Waals surface area contributed by atoms with Crippen LogP contribution in [-0.4, -0.2) is 13.0 Å². The highest BCUT2D eigenvalue weighted by atomic mass is 35.5. The number of amides is 1. The molecule has 0 aliphatic rings. The van der Waals surface area contributed by atoms with Gasteiger partial charge >= 0.3 is 0 Å². The van der Waals surface area contributed by atoms with E-state index in [1.54, 1.807) is 31.4 Å². The van der Waals surface area contributed by atoms with Crippen molar-refractivity contribution in [3.8, 4) is 5.75 Å². The van der Waals surface area contributed by atoms with Gasteiger partial charge in [0.25, 0.3) is 5.91 Å². The van der Waals surface area contributed by atoms with Crippen LogP contribution in [0.2, 0.25) is 5.02 Å². The zero-order valence-corrected chi connectivity index (χ0v) is 15.7. The number of anilines is 1. The third kappa shape index (κ3) is 5.33. The van der Waals surface area contributed by atoms with Crippen LogP contribution in [0, 0.1) is 0 Å². The van der Waals surface area contributed by atoms with Crippen molar-refractivity contribution in [2.45, 2.75) is 13.2 Å². The van der Waals surface area contributed by atoms with Crippen molar-refractivity contribution < 1.29 is 14.3 Å². The van der Waals surface area contributed by atoms with Gasteiger partial charge in [0, 0.05) is 28.9 Å². The fourth-order valence-corrected chi connectivity index (χ4v) is 2.78. The molecule has 1 amide bonds. The first-order chi connectivity index (χ1) is 13.2. The number of methoxy groups -OCH3 is 1. The summed E-state index contributed by atoms with van der Waals surface area (Å²) in [7, 11) is 1.64. The average molecular weight is 382 g/mol. The molecule has 0 aliphatic carbocycles. The van der Waals surface area contributed by atoms with E-state index in [1.807, 2.05) is 48.5 Å². The molecular formula is C22H20ClNO3. The lowest BCUT2D eigenvalue weighted by Gasteiger charge is -2.09. The maximum absolute atomic E-state index is 12.4. The fraction of sp³-hybridized carbons (Fsp3) is 0.136. The zero-order chi connectivity index (χ0) is 19.1. The van der Waals surface area contributed by atoms with Gasteiger partial charge in [0.05, 0.1) is 6.61 Å². The maximum Gasteiger partial charge on any atom is 0.255 e. The normalized spacial score (nSPS) is 10.4. The van der Waals surface area contributed by atoms with Crippen molar-refractivity contribution in [3.05, 3.63) is 94.5 Å². The Hall–Kier alpha value is -2.82. The van der Waals surface area contributed by atoms with Crippen LogP contribution in [0.3, 0.4) is 0 Å². The summed E-state index contributed by atoms with van der Waals surface area (Å²) < 4.78 is 10.9. The van der Waals surface area contributed by atoms with Crippen molar-refractivity contribution in [1.29, 1.82) is 0 Å². The van der Waals surface area contributed by atoms with Gasteiger partial charge in [-0.3, -0.25) is 4.79 Å². The van der Waals surface area contributed by atoms with Crippen LogP contribution in [0.4, 0.5) is 5.69 Å². The molecule has 0 spiro atoms. The number of benzene rings is 3. The molecular weight excluding hydrogens is 362 g/mol. The summed E-state index contributed by atoms with van der Waals surface area (Å²) >= 11 is 6.12. The van der Waals surface area contributed by atoms with Crippen LogP contribution < -0.4 is 10.1 Å². The van der Waals surface area contributed by atoms with Gasteiger partial charge in [0.2, 0.25) is 0 Å². The van der Waals surface area contributed by atoms with Gasteiger partial charge < -0.3 is 14.8 Å². The Bertz CT molecular complexity index is 909. The summed E-state index contributed by atoms with van der Waals surface area (Å²) in [6.45, 7) is 0.874. The molecule has 138 valence electrons. The molecule has 27 heavy (non-hydrogen) atoms. The van der Waals surface area contributed by atoms with E-state index >= 15 is 0 Å². The van der Waals surface area contributed by atoms with Crippen molar-refractivity contribution in [2.75, 3.05) is 12.4 Å². The number of nitrogens with one attached hydrogen (secondary N) is 1. The molecule has 1 N–H and O–H groups in total. The van der Waals surface area contributed by atoms with Gasteiger partial charge in [0.15, 0.2) is 0 Å². The molecule has 0 heterocycles. The summed E-state index contributed by atoms with van der Waals surface area (Å²) in [5.74, 6) is 0.496. The summed E-state index contributed by atoms with van der Waals surface area (Å²) in [5.41, 5.74) is 3.20. The minimum Gasteiger partial charge on any atom is -0.489 e. The van der Waals surface area contributed by atoms with Crippen molar-refractivity contribution >= 4 is 23.2 Å². The topological polar surface area (TPSA) is 47.6 Å². The van der Waals surface area contributed by atoms with E-state index in [2.05, 4.69) is 5.32 Å². The summed E-state index contributed by atoms with van der Waals surface area (Å²) in [6.07, 6.45) is 0. The van der Waals surface area contributed by atoms with Crippen LogP contribution in [0.25, 0.3) is 0 Å². The first-order valence-corrected chi connectivity index (χ1v) is 8.89. The lowest BCUT2D eigenvalue weighted by molar-refractivity contribution is 0.102. The highest BCUT2D eigenvalue weighted by Crippen LogP contribution is 2.19. The highest BCUT2D eigenvalue weighted by molar-refractivity contribution is 6.31. The predicted octanol–water partition coefficient (Wildman–Crippen LogP) is 5.32. The lowest BCUT2D eigenvalue weighted by Crippen LogP contribution is -2.12. The lowest BCUT2D eigenvalue weighted by atomic mass is 10.1. The molecule has 0 unspecified atom stereocenters. The Morgan fingerprint density at radius 1 is 0.963 bits per heavy atom. The van der Waals surface area contributed by atoms with E-state index in [1.165, 1.54) is 0 Å². The van der Waals surface area contributed by atoms with Crippen LogP contribution in [0.1, 0.15) is 21.5 Å². The largest absolute Gasteiger partial charge is 0.489 e. The van der Waals surface area contributed by atoms with Gasteiger partial charge in [-0.2, -0.15) is 0 Å². The van der Waals surface area contributed by atoms with E-state index in [0.29, 0.717) is 29.5 Å². The van der Waals surface area contributed by atoms with E-state index in [0.717, 1.165) is 16.8 Å². The van der Waals surface area contributed by atoms with Crippen LogP contribution >= 0.6 is 11.6 Å². The second kappa shape index (κ2) is 9.21. The minimum atomic E-state index is -0.178. The molecule has 3 aromatic carbocycles. The molecule has 0 radical (unpaired) electrons. The number of carbonyl (C=O) groups is 1. The van der Waals surface area contributed by atoms with Crippen LogP contribution in [0.5, 0.6) is 5.75 Å². The first kappa shape index (κ1) is 19.0. The van der Waals surface area contributed by atoms with Gasteiger partial charge in [-0.15, -0.1) is 0 Å². The highest BCUT2D eigenvalue weighted by Gasteiger charge is 2.07. The first-order valence-electron chi connectivity index (χ1n) is 8.51. The van der Waals surface area contributed by atoms with E-state index < -0.39 is 0 Å². The predicted molar refractivity (Wildman–Crippen MR) is 107 cm³/mol. The Morgan fingerprint density at radius 3 is 2.48 bits per heavy atom. The number of hydrogen-bond acceptors (Lipinski definition) is 3. The van der Waals surface area contributed by atoms with Crippen molar-refractivity contribution in [3.63, 3.8) is 0 Å². The standard InChI is InChI=1S/C22H20ClNO3/c1-26-14-16-5-4-7-19(13-16)24-22(25)17-9-11-20(12-10-17)27-15-18-6-2-3-8-21(18)23/h2-13H,14-15H2,1H3,(H,24,25). The second-order valence-electron chi connectivity index (χ2n) is 5.99. The molecule has 3 rings (SSSR count). The molecule has 3 aromatic rings. The second-order valence-corrected chi connectivity index (χ2v) is 6.40. The number of ether oxygens (including phenoxy) is 2. The number of rotatable bonds is 7. The van der Waals surface area contributed by atoms with E-state index in [-0.39, 0.29) is 5.91 Å². The fourth-order valence-electron chi connectivity index (χ4n) is 2.59. The summed E-state index contributed by atoms with van der Waals surface area (Å²) in [5, 5.41) is 3.56. The Kier molecular flexibility index (Phi) is 6.47. The zero-order valence-electron chi connectivity index (χ0n) is 14.9. The molecule has 4 nitrogen and oxygen atoms in total. The number of halogens is 1. The van der Waals surface area contributed by atoms with Gasteiger partial charge in [-0.05, 0) is 48.0 Å². The molecule has 0 fully saturated rings. The summed E-state index contributed by atoms with van der Waals surface area (Å²) in [6, 6.07) is 22.1. The van der Waals surface area contributed by atoms with Gasteiger partial charge in [0.1, 0.15) is 12.4 Å². The Balaban J connectivity index is 1.60. The molecule has 0 aromatic heterocycles. The number of carbonyl (C=O) groups excluding carboxylic acids is 1. The average Bonchev–Trinajstić information content (AvgIpc) is 2.68. The molecule has 0 saturated heterocycles. The maximum atomic E-state index is 12.4. The quantitative estimate of drug-likeness (QED) is 0.602.